The first-order valence-corrected chi connectivity index (χ1v) is 2.35. The van der Waals surface area contributed by atoms with Gasteiger partial charge in [0.25, 0.3) is 0 Å². The zero-order valence-corrected chi connectivity index (χ0v) is 4.78. The quantitative estimate of drug-likeness (QED) is 0.404. The van der Waals surface area contributed by atoms with E-state index in [1.165, 1.54) is 7.05 Å². The lowest BCUT2D eigenvalue weighted by molar-refractivity contribution is -0.0964. The second-order valence-electron chi connectivity index (χ2n) is 1.68. The lowest BCUT2D eigenvalue weighted by Crippen LogP contribution is -2.28. The third kappa shape index (κ3) is 4.01. The Bertz CT molecular complexity index is 57.2. The maximum Gasteiger partial charge on any atom is 0.0920 e. The molecule has 0 radical (unpaired) electrons. The molecule has 50 valence electrons. The van der Waals surface area contributed by atoms with E-state index in [0.717, 1.165) is 5.06 Å². The average Bonchev–Trinajstić information content (AvgIpc) is 1.65. The maximum atomic E-state index is 8.58. The van der Waals surface area contributed by atoms with Crippen LogP contribution in [0.15, 0.2) is 0 Å². The first kappa shape index (κ1) is 7.84. The van der Waals surface area contributed by atoms with Crippen molar-refractivity contribution in [2.75, 3.05) is 20.2 Å². The molecular formula is C4H11NO3. The van der Waals surface area contributed by atoms with Crippen molar-refractivity contribution < 1.29 is 15.4 Å². The summed E-state index contributed by atoms with van der Waals surface area (Å²) in [6, 6.07) is 0. The van der Waals surface area contributed by atoms with E-state index in [4.69, 9.17) is 15.4 Å². The molecule has 0 rings (SSSR count). The van der Waals surface area contributed by atoms with E-state index in [-0.39, 0.29) is 13.2 Å². The van der Waals surface area contributed by atoms with E-state index in [1.807, 2.05) is 0 Å². The standard InChI is InChI=1S/C4H11NO3/c1-5(8)2-4(7)3-6/h4,6-8H,2-3H2,1H3. The average molecular weight is 121 g/mol. The highest BCUT2D eigenvalue weighted by molar-refractivity contribution is 4.51. The molecule has 0 heterocycles. The van der Waals surface area contributed by atoms with Crippen LogP contribution in [0.2, 0.25) is 0 Å². The van der Waals surface area contributed by atoms with Gasteiger partial charge in [0.1, 0.15) is 0 Å². The predicted molar refractivity (Wildman–Crippen MR) is 27.5 cm³/mol. The van der Waals surface area contributed by atoms with Gasteiger partial charge in [0, 0.05) is 7.05 Å². The molecule has 3 N–H and O–H groups in total. The van der Waals surface area contributed by atoms with Gasteiger partial charge in [-0.25, -0.2) is 0 Å². The second kappa shape index (κ2) is 3.80. The van der Waals surface area contributed by atoms with Crippen LogP contribution >= 0.6 is 0 Å². The van der Waals surface area contributed by atoms with E-state index in [9.17, 15) is 0 Å². The molecule has 0 aliphatic heterocycles. The highest BCUT2D eigenvalue weighted by Gasteiger charge is 2.02. The Balaban J connectivity index is 3.10. The molecule has 0 aromatic heterocycles. The zero-order valence-electron chi connectivity index (χ0n) is 4.78. The van der Waals surface area contributed by atoms with Crippen molar-refractivity contribution in [3.8, 4) is 0 Å². The normalized spacial score (nSPS) is 14.6. The lowest BCUT2D eigenvalue weighted by atomic mass is 10.4. The summed E-state index contributed by atoms with van der Waals surface area (Å²) in [6.45, 7) is -0.235. The molecule has 0 saturated carbocycles. The lowest BCUT2D eigenvalue weighted by Gasteiger charge is -2.10. The van der Waals surface area contributed by atoms with Gasteiger partial charge >= 0.3 is 0 Å². The summed E-state index contributed by atoms with van der Waals surface area (Å²) in [4.78, 5) is 0. The summed E-state index contributed by atoms with van der Waals surface area (Å²) in [7, 11) is 1.40. The molecule has 0 amide bonds. The number of likely N-dealkylation sites (N-methyl/N-ethyl adjacent to an activating group) is 1. The van der Waals surface area contributed by atoms with Crippen LogP contribution in [-0.4, -0.2) is 46.8 Å². The van der Waals surface area contributed by atoms with Crippen LogP contribution < -0.4 is 0 Å². The molecule has 0 aromatic carbocycles. The van der Waals surface area contributed by atoms with Crippen LogP contribution in [0.25, 0.3) is 0 Å². The Labute approximate surface area is 47.9 Å². The van der Waals surface area contributed by atoms with Crippen molar-refractivity contribution in [3.63, 3.8) is 0 Å². The fourth-order valence-corrected chi connectivity index (χ4v) is 0.363. The molecule has 4 heteroatoms. The van der Waals surface area contributed by atoms with Gasteiger partial charge in [0.15, 0.2) is 0 Å². The Hall–Kier alpha value is -0.160. The van der Waals surface area contributed by atoms with Gasteiger partial charge in [-0.1, -0.05) is 0 Å². The van der Waals surface area contributed by atoms with Crippen LogP contribution in [0, 0.1) is 0 Å². The third-order valence-electron chi connectivity index (χ3n) is 0.686. The number of hydroxylamine groups is 2. The van der Waals surface area contributed by atoms with Gasteiger partial charge in [0.05, 0.1) is 19.3 Å². The smallest absolute Gasteiger partial charge is 0.0920 e. The minimum atomic E-state index is -0.843. The van der Waals surface area contributed by atoms with E-state index in [0.29, 0.717) is 0 Å². The number of rotatable bonds is 3. The van der Waals surface area contributed by atoms with Gasteiger partial charge in [0.2, 0.25) is 0 Å². The van der Waals surface area contributed by atoms with Crippen molar-refractivity contribution in [1.82, 2.24) is 5.06 Å². The van der Waals surface area contributed by atoms with Crippen molar-refractivity contribution in [1.29, 1.82) is 0 Å². The molecular weight excluding hydrogens is 110 g/mol. The fraction of sp³-hybridized carbons (Fsp3) is 1.00. The van der Waals surface area contributed by atoms with Crippen LogP contribution in [0.1, 0.15) is 0 Å². The number of hydrogen-bond acceptors (Lipinski definition) is 4. The molecule has 0 bridgehead atoms. The minimum Gasteiger partial charge on any atom is -0.394 e. The topological polar surface area (TPSA) is 63.9 Å². The highest BCUT2D eigenvalue weighted by Crippen LogP contribution is 1.81. The van der Waals surface area contributed by atoms with Gasteiger partial charge in [-0.2, -0.15) is 5.06 Å². The van der Waals surface area contributed by atoms with Gasteiger partial charge in [-0.15, -0.1) is 0 Å². The molecule has 1 unspecified atom stereocenters. The predicted octanol–water partition coefficient (Wildman–Crippen LogP) is -1.34. The highest BCUT2D eigenvalue weighted by atomic mass is 16.5. The van der Waals surface area contributed by atoms with Crippen molar-refractivity contribution >= 4 is 0 Å². The first-order chi connectivity index (χ1) is 3.66. The van der Waals surface area contributed by atoms with Crippen molar-refractivity contribution in [3.05, 3.63) is 0 Å². The summed E-state index contributed by atoms with van der Waals surface area (Å²) in [5, 5.41) is 26.0. The number of aliphatic hydroxyl groups excluding tert-OH is 2. The number of nitrogens with zero attached hydrogens (tertiary/aromatic N) is 1. The largest absolute Gasteiger partial charge is 0.394 e. The molecule has 0 saturated heterocycles. The Morgan fingerprint density at radius 3 is 2.25 bits per heavy atom. The second-order valence-corrected chi connectivity index (χ2v) is 1.68. The molecule has 0 aliphatic rings. The number of aliphatic hydroxyl groups is 2. The third-order valence-corrected chi connectivity index (χ3v) is 0.686. The van der Waals surface area contributed by atoms with Crippen LogP contribution in [-0.2, 0) is 0 Å². The molecule has 0 aliphatic carbocycles. The van der Waals surface area contributed by atoms with Gasteiger partial charge in [-0.05, 0) is 0 Å². The first-order valence-electron chi connectivity index (χ1n) is 2.35. The summed E-state index contributed by atoms with van der Waals surface area (Å²) < 4.78 is 0. The monoisotopic (exact) mass is 121 g/mol. The van der Waals surface area contributed by atoms with Crippen LogP contribution in [0.3, 0.4) is 0 Å². The van der Waals surface area contributed by atoms with Crippen molar-refractivity contribution in [2.45, 2.75) is 6.10 Å². The molecule has 1 atom stereocenters. The molecule has 0 spiro atoms. The molecule has 0 fully saturated rings. The molecule has 8 heavy (non-hydrogen) atoms. The maximum absolute atomic E-state index is 8.58. The molecule has 4 nitrogen and oxygen atoms in total. The Morgan fingerprint density at radius 1 is 1.62 bits per heavy atom. The SMILES string of the molecule is CN(O)CC(O)CO. The Morgan fingerprint density at radius 2 is 2.12 bits per heavy atom. The van der Waals surface area contributed by atoms with Gasteiger partial charge < -0.3 is 15.4 Å². The van der Waals surface area contributed by atoms with Crippen molar-refractivity contribution in [2.24, 2.45) is 0 Å². The van der Waals surface area contributed by atoms with Gasteiger partial charge in [-0.3, -0.25) is 0 Å². The van der Waals surface area contributed by atoms with E-state index in [1.54, 1.807) is 0 Å². The Kier molecular flexibility index (Phi) is 3.72. The number of hydrogen-bond donors (Lipinski definition) is 3. The molecule has 0 aromatic rings. The fourth-order valence-electron chi connectivity index (χ4n) is 0.363. The van der Waals surface area contributed by atoms with Crippen LogP contribution in [0.5, 0.6) is 0 Å². The zero-order chi connectivity index (χ0) is 6.57. The summed E-state index contributed by atoms with van der Waals surface area (Å²) in [6.07, 6.45) is -0.843. The van der Waals surface area contributed by atoms with E-state index < -0.39 is 6.10 Å². The van der Waals surface area contributed by atoms with E-state index >= 15 is 0 Å². The summed E-state index contributed by atoms with van der Waals surface area (Å²) in [5.74, 6) is 0. The summed E-state index contributed by atoms with van der Waals surface area (Å²) >= 11 is 0. The summed E-state index contributed by atoms with van der Waals surface area (Å²) in [5.41, 5.74) is 0. The van der Waals surface area contributed by atoms with Crippen LogP contribution in [0.4, 0.5) is 0 Å². The van der Waals surface area contributed by atoms with E-state index in [2.05, 4.69) is 0 Å². The minimum absolute atomic E-state index is 0.0799.